The van der Waals surface area contributed by atoms with Gasteiger partial charge in [-0.15, -0.1) is 0 Å². The third-order valence-corrected chi connectivity index (χ3v) is 7.11. The van der Waals surface area contributed by atoms with Crippen LogP contribution in [0.25, 0.3) is 0 Å². The number of nitrogens with one attached hydrogen (secondary N) is 2. The standard InChI is InChI=1S/C33H47ClN4O5/c1-8-9-10-11-17-38(31(41)26(15-16-27(35)39)36-32(42)43-33(5,6)7)29(24-19-21(2)18-22(3)20-24)30(40)37-28-23(4)13-12-14-25(28)34/h12-14,18-20,26,29H,8-11,15-17H2,1-7H3,(H2,35,39)(H,36,42)(H,37,40). The zero-order chi connectivity index (χ0) is 32.3. The summed E-state index contributed by atoms with van der Waals surface area (Å²) in [5.41, 5.74) is 8.32. The van der Waals surface area contributed by atoms with Gasteiger partial charge in [0.2, 0.25) is 11.8 Å². The highest BCUT2D eigenvalue weighted by molar-refractivity contribution is 6.34. The van der Waals surface area contributed by atoms with Crippen LogP contribution in [0.1, 0.15) is 94.5 Å². The van der Waals surface area contributed by atoms with Gasteiger partial charge in [-0.1, -0.05) is 79.2 Å². The molecule has 0 saturated heterocycles. The molecule has 2 atom stereocenters. The summed E-state index contributed by atoms with van der Waals surface area (Å²) in [5, 5.41) is 5.97. The number of halogens is 1. The Balaban J connectivity index is 2.64. The number of benzene rings is 2. The summed E-state index contributed by atoms with van der Waals surface area (Å²) in [6.45, 7) is 13.2. The first-order valence-electron chi connectivity index (χ1n) is 14.9. The molecule has 0 aliphatic heterocycles. The molecule has 4 amide bonds. The number of amides is 4. The van der Waals surface area contributed by atoms with Crippen molar-refractivity contribution in [3.05, 3.63) is 63.7 Å². The molecule has 2 unspecified atom stereocenters. The molecular formula is C33H47ClN4O5. The van der Waals surface area contributed by atoms with Crippen molar-refractivity contribution in [3.63, 3.8) is 0 Å². The van der Waals surface area contributed by atoms with E-state index < -0.39 is 41.5 Å². The van der Waals surface area contributed by atoms with Crippen LogP contribution >= 0.6 is 11.6 Å². The fourth-order valence-corrected chi connectivity index (χ4v) is 5.16. The Hall–Kier alpha value is -3.59. The molecule has 0 aromatic heterocycles. The maximum absolute atomic E-state index is 14.4. The molecule has 0 aliphatic carbocycles. The number of nitrogens with two attached hydrogens (primary N) is 1. The third-order valence-electron chi connectivity index (χ3n) is 6.79. The van der Waals surface area contributed by atoms with Crippen molar-refractivity contribution < 1.29 is 23.9 Å². The van der Waals surface area contributed by atoms with E-state index in [0.29, 0.717) is 22.7 Å². The van der Waals surface area contributed by atoms with Gasteiger partial charge in [0, 0.05) is 13.0 Å². The average molecular weight is 615 g/mol. The van der Waals surface area contributed by atoms with Crippen LogP contribution in [0.2, 0.25) is 5.02 Å². The average Bonchev–Trinajstić information content (AvgIpc) is 2.88. The monoisotopic (exact) mass is 614 g/mol. The SMILES string of the molecule is CCCCCCN(C(=O)C(CCC(N)=O)NC(=O)OC(C)(C)C)C(C(=O)Nc1c(C)cccc1Cl)c1cc(C)cc(C)c1. The van der Waals surface area contributed by atoms with Crippen LogP contribution in [-0.4, -0.2) is 46.9 Å². The lowest BCUT2D eigenvalue weighted by Gasteiger charge is -2.35. The molecule has 236 valence electrons. The summed E-state index contributed by atoms with van der Waals surface area (Å²) >= 11 is 6.47. The van der Waals surface area contributed by atoms with Gasteiger partial charge >= 0.3 is 6.09 Å². The minimum atomic E-state index is -1.16. The van der Waals surface area contributed by atoms with E-state index in [1.807, 2.05) is 45.0 Å². The van der Waals surface area contributed by atoms with E-state index in [9.17, 15) is 19.2 Å². The second kappa shape index (κ2) is 16.3. The lowest BCUT2D eigenvalue weighted by molar-refractivity contribution is -0.141. The number of para-hydroxylation sites is 1. The number of alkyl carbamates (subject to hydrolysis) is 1. The molecule has 0 aliphatic rings. The second-order valence-electron chi connectivity index (χ2n) is 12.0. The molecule has 0 saturated carbocycles. The summed E-state index contributed by atoms with van der Waals surface area (Å²) in [5.74, 6) is -1.58. The van der Waals surface area contributed by atoms with Crippen molar-refractivity contribution in [1.82, 2.24) is 10.2 Å². The van der Waals surface area contributed by atoms with Crippen LogP contribution < -0.4 is 16.4 Å². The molecule has 0 spiro atoms. The van der Waals surface area contributed by atoms with Crippen LogP contribution in [0.4, 0.5) is 10.5 Å². The predicted molar refractivity (Wildman–Crippen MR) is 171 cm³/mol. The Morgan fingerprint density at radius 1 is 1.00 bits per heavy atom. The fraction of sp³-hybridized carbons (Fsp3) is 0.515. The number of aryl methyl sites for hydroxylation is 3. The van der Waals surface area contributed by atoms with E-state index in [-0.39, 0.29) is 19.4 Å². The molecule has 0 fully saturated rings. The van der Waals surface area contributed by atoms with Gasteiger partial charge in [-0.25, -0.2) is 4.79 Å². The molecule has 0 bridgehead atoms. The molecule has 9 nitrogen and oxygen atoms in total. The first-order valence-corrected chi connectivity index (χ1v) is 15.2. The Morgan fingerprint density at radius 3 is 2.21 bits per heavy atom. The van der Waals surface area contributed by atoms with E-state index in [2.05, 4.69) is 17.6 Å². The maximum Gasteiger partial charge on any atom is 0.408 e. The van der Waals surface area contributed by atoms with Crippen molar-refractivity contribution in [2.45, 2.75) is 105 Å². The van der Waals surface area contributed by atoms with E-state index in [1.54, 1.807) is 32.9 Å². The molecular weight excluding hydrogens is 568 g/mol. The van der Waals surface area contributed by atoms with Gasteiger partial charge in [0.25, 0.3) is 5.91 Å². The van der Waals surface area contributed by atoms with Crippen LogP contribution in [0.3, 0.4) is 0 Å². The molecule has 2 aromatic carbocycles. The molecule has 43 heavy (non-hydrogen) atoms. The Labute approximate surface area is 260 Å². The number of anilines is 1. The second-order valence-corrected chi connectivity index (χ2v) is 12.4. The Morgan fingerprint density at radius 2 is 1.65 bits per heavy atom. The van der Waals surface area contributed by atoms with E-state index in [1.165, 1.54) is 4.90 Å². The minimum absolute atomic E-state index is 0.0519. The predicted octanol–water partition coefficient (Wildman–Crippen LogP) is 6.51. The van der Waals surface area contributed by atoms with Gasteiger partial charge in [-0.05, 0) is 71.6 Å². The quantitative estimate of drug-likeness (QED) is 0.209. The molecule has 0 heterocycles. The lowest BCUT2D eigenvalue weighted by atomic mass is 9.97. The van der Waals surface area contributed by atoms with Crippen molar-refractivity contribution in [1.29, 1.82) is 0 Å². The fourth-order valence-electron chi connectivity index (χ4n) is 4.89. The van der Waals surface area contributed by atoms with Crippen LogP contribution in [0.15, 0.2) is 36.4 Å². The molecule has 10 heteroatoms. The normalized spacial score (nSPS) is 12.7. The largest absolute Gasteiger partial charge is 0.444 e. The Bertz CT molecular complexity index is 1250. The number of primary amides is 1. The number of carbonyl (C=O) groups excluding carboxylic acids is 4. The zero-order valence-electron chi connectivity index (χ0n) is 26.5. The number of rotatable bonds is 14. The number of hydrogen-bond donors (Lipinski definition) is 3. The highest BCUT2D eigenvalue weighted by Gasteiger charge is 2.36. The lowest BCUT2D eigenvalue weighted by Crippen LogP contribution is -2.53. The number of ether oxygens (including phenoxy) is 1. The molecule has 2 rings (SSSR count). The van der Waals surface area contributed by atoms with Crippen molar-refractivity contribution in [3.8, 4) is 0 Å². The maximum atomic E-state index is 14.4. The van der Waals surface area contributed by atoms with Gasteiger partial charge in [0.05, 0.1) is 10.7 Å². The molecule has 2 aromatic rings. The number of nitrogens with zero attached hydrogens (tertiary/aromatic N) is 1. The summed E-state index contributed by atoms with van der Waals surface area (Å²) in [4.78, 5) is 54.7. The minimum Gasteiger partial charge on any atom is -0.444 e. The molecule has 4 N–H and O–H groups in total. The van der Waals surface area contributed by atoms with Crippen LogP contribution in [0, 0.1) is 20.8 Å². The van der Waals surface area contributed by atoms with Gasteiger partial charge in [0.1, 0.15) is 17.7 Å². The van der Waals surface area contributed by atoms with Crippen molar-refractivity contribution in [2.75, 3.05) is 11.9 Å². The summed E-state index contributed by atoms with van der Waals surface area (Å²) in [6.07, 6.45) is 2.43. The van der Waals surface area contributed by atoms with E-state index >= 15 is 0 Å². The molecule has 0 radical (unpaired) electrons. The summed E-state index contributed by atoms with van der Waals surface area (Å²) < 4.78 is 5.42. The van der Waals surface area contributed by atoms with E-state index in [4.69, 9.17) is 22.1 Å². The van der Waals surface area contributed by atoms with E-state index in [0.717, 1.165) is 36.0 Å². The topological polar surface area (TPSA) is 131 Å². The van der Waals surface area contributed by atoms with Crippen molar-refractivity contribution >= 4 is 41.1 Å². The van der Waals surface area contributed by atoms with Crippen LogP contribution in [0.5, 0.6) is 0 Å². The number of unbranched alkanes of at least 4 members (excludes halogenated alkanes) is 3. The highest BCUT2D eigenvalue weighted by Crippen LogP contribution is 2.31. The smallest absolute Gasteiger partial charge is 0.408 e. The first-order chi connectivity index (χ1) is 20.1. The van der Waals surface area contributed by atoms with Crippen LogP contribution in [-0.2, 0) is 19.1 Å². The van der Waals surface area contributed by atoms with Gasteiger partial charge in [-0.3, -0.25) is 14.4 Å². The van der Waals surface area contributed by atoms with Gasteiger partial charge in [0.15, 0.2) is 0 Å². The number of carbonyl (C=O) groups is 4. The Kier molecular flexibility index (Phi) is 13.5. The summed E-state index contributed by atoms with van der Waals surface area (Å²) in [7, 11) is 0. The summed E-state index contributed by atoms with van der Waals surface area (Å²) in [6, 6.07) is 8.86. The van der Waals surface area contributed by atoms with Crippen molar-refractivity contribution in [2.24, 2.45) is 5.73 Å². The number of hydrogen-bond acceptors (Lipinski definition) is 5. The highest BCUT2D eigenvalue weighted by atomic mass is 35.5. The third kappa shape index (κ3) is 11.5. The zero-order valence-corrected chi connectivity index (χ0v) is 27.3. The first kappa shape index (κ1) is 35.6. The van der Waals surface area contributed by atoms with Gasteiger partial charge < -0.3 is 26.0 Å². The van der Waals surface area contributed by atoms with Gasteiger partial charge in [-0.2, -0.15) is 0 Å².